The average Bonchev–Trinajstić information content (AvgIpc) is 3.03. The maximum atomic E-state index is 12.7. The first-order valence-electron chi connectivity index (χ1n) is 10.3. The van der Waals surface area contributed by atoms with E-state index in [0.29, 0.717) is 50.9 Å². The number of thioether (sulfide) groups is 1. The smallest absolute Gasteiger partial charge is 0.233 e. The van der Waals surface area contributed by atoms with Crippen LogP contribution in [0.1, 0.15) is 12.0 Å². The molecular formula is C22H26N2O5S2. The van der Waals surface area contributed by atoms with Crippen molar-refractivity contribution in [2.45, 2.75) is 17.1 Å². The number of fused-ring (bicyclic) bond motifs is 1. The topological polar surface area (TPSA) is 76.2 Å². The van der Waals surface area contributed by atoms with E-state index in [2.05, 4.69) is 0 Å². The Morgan fingerprint density at radius 3 is 2.39 bits per heavy atom. The Labute approximate surface area is 187 Å². The van der Waals surface area contributed by atoms with Crippen molar-refractivity contribution in [1.82, 2.24) is 9.21 Å². The predicted molar refractivity (Wildman–Crippen MR) is 120 cm³/mol. The van der Waals surface area contributed by atoms with Crippen LogP contribution in [0.15, 0.2) is 53.4 Å². The van der Waals surface area contributed by atoms with Gasteiger partial charge in [0.2, 0.25) is 15.9 Å². The number of piperazine rings is 1. The molecule has 9 heteroatoms. The van der Waals surface area contributed by atoms with Gasteiger partial charge in [-0.05, 0) is 23.8 Å². The molecule has 0 atom stereocenters. The molecule has 0 saturated carbocycles. The van der Waals surface area contributed by atoms with Crippen molar-refractivity contribution in [3.63, 3.8) is 0 Å². The van der Waals surface area contributed by atoms with Crippen LogP contribution in [0, 0.1) is 0 Å². The van der Waals surface area contributed by atoms with E-state index in [0.717, 1.165) is 22.6 Å². The Morgan fingerprint density at radius 2 is 1.65 bits per heavy atom. The lowest BCUT2D eigenvalue weighted by Crippen LogP contribution is -2.51. The van der Waals surface area contributed by atoms with E-state index >= 15 is 0 Å². The molecular weight excluding hydrogens is 436 g/mol. The normalized spacial score (nSPS) is 17.2. The van der Waals surface area contributed by atoms with Gasteiger partial charge in [0.25, 0.3) is 0 Å². The average molecular weight is 463 g/mol. The summed E-state index contributed by atoms with van der Waals surface area (Å²) in [6.45, 7) is 2.75. The van der Waals surface area contributed by atoms with Gasteiger partial charge >= 0.3 is 0 Å². The van der Waals surface area contributed by atoms with Crippen LogP contribution in [0.2, 0.25) is 0 Å². The zero-order valence-electron chi connectivity index (χ0n) is 17.2. The summed E-state index contributed by atoms with van der Waals surface area (Å²) in [6, 6.07) is 14.9. The number of rotatable bonds is 6. The number of hydrogen-bond acceptors (Lipinski definition) is 6. The molecule has 2 aromatic carbocycles. The summed E-state index contributed by atoms with van der Waals surface area (Å²) < 4.78 is 38.2. The summed E-state index contributed by atoms with van der Waals surface area (Å²) in [4.78, 5) is 15.3. The van der Waals surface area contributed by atoms with E-state index in [-0.39, 0.29) is 11.7 Å². The fourth-order valence-corrected chi connectivity index (χ4v) is 5.90. The molecule has 2 aliphatic rings. The number of sulfonamides is 1. The molecule has 0 radical (unpaired) electrons. The largest absolute Gasteiger partial charge is 0.490 e. The van der Waals surface area contributed by atoms with Gasteiger partial charge in [0.05, 0.1) is 24.7 Å². The molecule has 0 aliphatic carbocycles. The highest BCUT2D eigenvalue weighted by molar-refractivity contribution is 8.00. The minimum Gasteiger partial charge on any atom is -0.490 e. The molecule has 2 heterocycles. The SMILES string of the molecule is O=C(CSc1ccc2c(c1)OCCCO2)N1CCN(S(=O)(=O)Cc2ccccc2)CC1. The van der Waals surface area contributed by atoms with E-state index < -0.39 is 10.0 Å². The van der Waals surface area contributed by atoms with Gasteiger partial charge in [0.1, 0.15) is 0 Å². The molecule has 166 valence electrons. The van der Waals surface area contributed by atoms with Gasteiger partial charge in [-0.2, -0.15) is 4.31 Å². The highest BCUT2D eigenvalue weighted by Gasteiger charge is 2.29. The zero-order valence-corrected chi connectivity index (χ0v) is 18.9. The quantitative estimate of drug-likeness (QED) is 0.615. The second-order valence-corrected chi connectivity index (χ2v) is 10.5. The molecule has 0 spiro atoms. The number of benzene rings is 2. The van der Waals surface area contributed by atoms with Gasteiger partial charge in [-0.1, -0.05) is 30.3 Å². The van der Waals surface area contributed by atoms with E-state index in [1.807, 2.05) is 48.5 Å². The lowest BCUT2D eigenvalue weighted by Gasteiger charge is -2.34. The monoisotopic (exact) mass is 462 g/mol. The first-order valence-corrected chi connectivity index (χ1v) is 12.9. The van der Waals surface area contributed by atoms with Crippen LogP contribution in [-0.2, 0) is 20.6 Å². The van der Waals surface area contributed by atoms with Crippen molar-refractivity contribution in [2.24, 2.45) is 0 Å². The van der Waals surface area contributed by atoms with E-state index in [1.54, 1.807) is 4.90 Å². The molecule has 0 N–H and O–H groups in total. The van der Waals surface area contributed by atoms with Gasteiger partial charge < -0.3 is 14.4 Å². The maximum absolute atomic E-state index is 12.7. The van der Waals surface area contributed by atoms with E-state index in [1.165, 1.54) is 16.1 Å². The van der Waals surface area contributed by atoms with Crippen molar-refractivity contribution in [3.05, 3.63) is 54.1 Å². The summed E-state index contributed by atoms with van der Waals surface area (Å²) in [5.41, 5.74) is 0.771. The number of ether oxygens (including phenoxy) is 2. The summed E-state index contributed by atoms with van der Waals surface area (Å²) in [5, 5.41) is 0. The number of hydrogen-bond donors (Lipinski definition) is 0. The Morgan fingerprint density at radius 1 is 0.935 bits per heavy atom. The molecule has 7 nitrogen and oxygen atoms in total. The van der Waals surface area contributed by atoms with E-state index in [9.17, 15) is 13.2 Å². The van der Waals surface area contributed by atoms with Gasteiger partial charge in [-0.25, -0.2) is 8.42 Å². The zero-order chi connectivity index (χ0) is 21.7. The van der Waals surface area contributed by atoms with Crippen molar-refractivity contribution < 1.29 is 22.7 Å². The fourth-order valence-electron chi connectivity index (χ4n) is 3.56. The van der Waals surface area contributed by atoms with Gasteiger partial charge in [-0.3, -0.25) is 4.79 Å². The van der Waals surface area contributed by atoms with Gasteiger partial charge in [0, 0.05) is 37.5 Å². The lowest BCUT2D eigenvalue weighted by molar-refractivity contribution is -0.129. The molecule has 1 saturated heterocycles. The summed E-state index contributed by atoms with van der Waals surface area (Å²) in [6.07, 6.45) is 0.850. The molecule has 0 bridgehead atoms. The van der Waals surface area contributed by atoms with Crippen LogP contribution >= 0.6 is 11.8 Å². The lowest BCUT2D eigenvalue weighted by atomic mass is 10.2. The molecule has 1 fully saturated rings. The second kappa shape index (κ2) is 9.93. The Kier molecular flexibility index (Phi) is 7.04. The minimum atomic E-state index is -3.39. The summed E-state index contributed by atoms with van der Waals surface area (Å²) in [5.74, 6) is 1.75. The molecule has 2 aliphatic heterocycles. The van der Waals surface area contributed by atoms with Gasteiger partial charge in [0.15, 0.2) is 11.5 Å². The third kappa shape index (κ3) is 5.72. The third-order valence-corrected chi connectivity index (χ3v) is 8.09. The molecule has 2 aromatic rings. The van der Waals surface area contributed by atoms with Crippen LogP contribution in [0.25, 0.3) is 0 Å². The van der Waals surface area contributed by atoms with Gasteiger partial charge in [-0.15, -0.1) is 11.8 Å². The summed E-state index contributed by atoms with van der Waals surface area (Å²) in [7, 11) is -3.39. The molecule has 0 aromatic heterocycles. The van der Waals surface area contributed by atoms with Crippen molar-refractivity contribution in [3.8, 4) is 11.5 Å². The van der Waals surface area contributed by atoms with Crippen LogP contribution in [-0.4, -0.2) is 68.7 Å². The maximum Gasteiger partial charge on any atom is 0.233 e. The Bertz CT molecular complexity index is 1010. The van der Waals surface area contributed by atoms with Crippen LogP contribution < -0.4 is 9.47 Å². The van der Waals surface area contributed by atoms with E-state index in [4.69, 9.17) is 9.47 Å². The number of carbonyl (C=O) groups is 1. The van der Waals surface area contributed by atoms with Crippen LogP contribution in [0.4, 0.5) is 0 Å². The Hall–Kier alpha value is -2.23. The first kappa shape index (κ1) is 22.0. The number of nitrogens with zero attached hydrogens (tertiary/aromatic N) is 2. The standard InChI is InChI=1S/C22H26N2O5S2/c25-22(16-30-19-7-8-20-21(15-19)29-14-4-13-28-20)23-9-11-24(12-10-23)31(26,27)17-18-5-2-1-3-6-18/h1-3,5-8,15H,4,9-14,16-17H2. The molecule has 4 rings (SSSR count). The van der Waals surface area contributed by atoms with Crippen LogP contribution in [0.5, 0.6) is 11.5 Å². The fraction of sp³-hybridized carbons (Fsp3) is 0.409. The van der Waals surface area contributed by atoms with Crippen LogP contribution in [0.3, 0.4) is 0 Å². The second-order valence-electron chi connectivity index (χ2n) is 7.47. The highest BCUT2D eigenvalue weighted by Crippen LogP contribution is 2.34. The molecule has 31 heavy (non-hydrogen) atoms. The number of amides is 1. The molecule has 0 unspecified atom stereocenters. The van der Waals surface area contributed by atoms with Crippen molar-refractivity contribution >= 4 is 27.7 Å². The highest BCUT2D eigenvalue weighted by atomic mass is 32.2. The summed E-state index contributed by atoms with van der Waals surface area (Å²) >= 11 is 1.45. The third-order valence-electron chi connectivity index (χ3n) is 5.26. The Balaban J connectivity index is 1.27. The predicted octanol–water partition coefficient (Wildman–Crippen LogP) is 2.61. The van der Waals surface area contributed by atoms with Crippen molar-refractivity contribution in [2.75, 3.05) is 45.1 Å². The number of carbonyl (C=O) groups excluding carboxylic acids is 1. The minimum absolute atomic E-state index is 0.0113. The van der Waals surface area contributed by atoms with Crippen molar-refractivity contribution in [1.29, 1.82) is 0 Å². The molecule has 1 amide bonds. The first-order chi connectivity index (χ1) is 15.0.